The van der Waals surface area contributed by atoms with E-state index >= 15 is 0 Å². The maximum atomic E-state index is 9.50. The van der Waals surface area contributed by atoms with Crippen molar-refractivity contribution in [2.75, 3.05) is 0 Å². The van der Waals surface area contributed by atoms with E-state index in [0.29, 0.717) is 17.8 Å². The van der Waals surface area contributed by atoms with Crippen LogP contribution in [0.5, 0.6) is 0 Å². The van der Waals surface area contributed by atoms with Crippen LogP contribution in [0, 0.1) is 17.8 Å². The highest BCUT2D eigenvalue weighted by Gasteiger charge is 2.48. The Hall–Kier alpha value is -0.0800. The Balaban J connectivity index is 2.04. The van der Waals surface area contributed by atoms with Gasteiger partial charge in [-0.25, -0.2) is 0 Å². The zero-order valence-corrected chi connectivity index (χ0v) is 8.66. The van der Waals surface area contributed by atoms with E-state index in [-0.39, 0.29) is 11.6 Å². The monoisotopic (exact) mass is 183 g/mol. The average molecular weight is 183 g/mol. The Morgan fingerprint density at radius 3 is 2.08 bits per heavy atom. The Morgan fingerprint density at radius 1 is 1.23 bits per heavy atom. The first-order valence-corrected chi connectivity index (χ1v) is 5.48. The third-order valence-corrected chi connectivity index (χ3v) is 4.25. The Kier molecular flexibility index (Phi) is 2.16. The van der Waals surface area contributed by atoms with Gasteiger partial charge in [0.1, 0.15) is 0 Å². The van der Waals surface area contributed by atoms with Gasteiger partial charge in [0.05, 0.1) is 6.10 Å². The van der Waals surface area contributed by atoms with E-state index in [4.69, 9.17) is 5.73 Å². The summed E-state index contributed by atoms with van der Waals surface area (Å²) in [6, 6.07) is 0. The second-order valence-electron chi connectivity index (χ2n) is 5.44. The molecule has 76 valence electrons. The van der Waals surface area contributed by atoms with Gasteiger partial charge in [-0.1, -0.05) is 13.8 Å². The second kappa shape index (κ2) is 2.96. The van der Waals surface area contributed by atoms with Crippen molar-refractivity contribution in [1.29, 1.82) is 0 Å². The standard InChI is InChI=1S/C11H21NO/c1-7(2)11(12)5-8-3-10(13)4-9(8)6-11/h7-10,13H,3-6,12H2,1-2H3/t8-,9?,10+,11?/m1/s1. The van der Waals surface area contributed by atoms with Crippen LogP contribution < -0.4 is 5.73 Å². The highest BCUT2D eigenvalue weighted by molar-refractivity contribution is 5.03. The highest BCUT2D eigenvalue weighted by Crippen LogP contribution is 2.49. The van der Waals surface area contributed by atoms with Gasteiger partial charge in [-0.2, -0.15) is 0 Å². The van der Waals surface area contributed by atoms with Gasteiger partial charge in [-0.3, -0.25) is 0 Å². The lowest BCUT2D eigenvalue weighted by atomic mass is 9.83. The number of hydrogen-bond acceptors (Lipinski definition) is 2. The summed E-state index contributed by atoms with van der Waals surface area (Å²) in [6.07, 6.45) is 4.22. The number of aliphatic hydroxyl groups is 1. The number of rotatable bonds is 1. The van der Waals surface area contributed by atoms with Gasteiger partial charge in [0.15, 0.2) is 0 Å². The van der Waals surface area contributed by atoms with Crippen LogP contribution in [0.4, 0.5) is 0 Å². The van der Waals surface area contributed by atoms with Gasteiger partial charge in [-0.15, -0.1) is 0 Å². The van der Waals surface area contributed by atoms with Crippen LogP contribution in [-0.2, 0) is 0 Å². The number of hydrogen-bond donors (Lipinski definition) is 2. The summed E-state index contributed by atoms with van der Waals surface area (Å²) < 4.78 is 0. The molecule has 2 aliphatic carbocycles. The number of aliphatic hydroxyl groups excluding tert-OH is 1. The van der Waals surface area contributed by atoms with Crippen molar-refractivity contribution >= 4 is 0 Å². The molecule has 0 amide bonds. The lowest BCUT2D eigenvalue weighted by Crippen LogP contribution is -2.43. The largest absolute Gasteiger partial charge is 0.393 e. The molecule has 2 rings (SSSR count). The van der Waals surface area contributed by atoms with Crippen LogP contribution in [-0.4, -0.2) is 16.7 Å². The molecule has 2 nitrogen and oxygen atoms in total. The Morgan fingerprint density at radius 2 is 1.69 bits per heavy atom. The molecule has 0 spiro atoms. The molecule has 2 fully saturated rings. The molecule has 0 saturated heterocycles. The SMILES string of the molecule is CC(C)C1(N)CC2C[C@@H](O)C[C@@H]2C1. The molecule has 0 heterocycles. The number of fused-ring (bicyclic) bond motifs is 1. The predicted octanol–water partition coefficient (Wildman–Crippen LogP) is 1.52. The zero-order valence-electron chi connectivity index (χ0n) is 8.66. The topological polar surface area (TPSA) is 46.2 Å². The molecule has 2 saturated carbocycles. The maximum Gasteiger partial charge on any atom is 0.0545 e. The molecule has 2 unspecified atom stereocenters. The average Bonchev–Trinajstić information content (AvgIpc) is 2.42. The van der Waals surface area contributed by atoms with E-state index in [1.807, 2.05) is 0 Å². The van der Waals surface area contributed by atoms with Crippen molar-refractivity contribution < 1.29 is 5.11 Å². The Bertz CT molecular complexity index is 188. The maximum absolute atomic E-state index is 9.50. The summed E-state index contributed by atoms with van der Waals surface area (Å²) in [5.41, 5.74) is 6.42. The van der Waals surface area contributed by atoms with Crippen LogP contribution >= 0.6 is 0 Å². The molecular formula is C11H21NO. The van der Waals surface area contributed by atoms with Crippen LogP contribution in [0.3, 0.4) is 0 Å². The van der Waals surface area contributed by atoms with E-state index in [2.05, 4.69) is 13.8 Å². The fourth-order valence-electron chi connectivity index (χ4n) is 3.21. The lowest BCUT2D eigenvalue weighted by Gasteiger charge is -2.30. The molecule has 0 bridgehead atoms. The van der Waals surface area contributed by atoms with Crippen LogP contribution in [0.2, 0.25) is 0 Å². The van der Waals surface area contributed by atoms with E-state index in [1.165, 1.54) is 0 Å². The van der Waals surface area contributed by atoms with Gasteiger partial charge < -0.3 is 10.8 Å². The molecule has 3 N–H and O–H groups in total. The third kappa shape index (κ3) is 1.50. The molecule has 2 heteroatoms. The van der Waals surface area contributed by atoms with Crippen LogP contribution in [0.25, 0.3) is 0 Å². The lowest BCUT2D eigenvalue weighted by molar-refractivity contribution is 0.161. The fraction of sp³-hybridized carbons (Fsp3) is 1.00. The van der Waals surface area contributed by atoms with Crippen LogP contribution in [0.1, 0.15) is 39.5 Å². The van der Waals surface area contributed by atoms with Gasteiger partial charge >= 0.3 is 0 Å². The minimum atomic E-state index is -0.0355. The van der Waals surface area contributed by atoms with Crippen molar-refractivity contribution in [1.82, 2.24) is 0 Å². The molecular weight excluding hydrogens is 162 g/mol. The first-order valence-electron chi connectivity index (χ1n) is 5.48. The zero-order chi connectivity index (χ0) is 9.64. The molecule has 4 atom stereocenters. The first-order chi connectivity index (χ1) is 6.01. The summed E-state index contributed by atoms with van der Waals surface area (Å²) >= 11 is 0. The summed E-state index contributed by atoms with van der Waals surface area (Å²) in [6.45, 7) is 4.44. The summed E-state index contributed by atoms with van der Waals surface area (Å²) in [7, 11) is 0. The Labute approximate surface area is 80.5 Å². The van der Waals surface area contributed by atoms with Crippen molar-refractivity contribution in [3.05, 3.63) is 0 Å². The van der Waals surface area contributed by atoms with E-state index in [0.717, 1.165) is 25.7 Å². The third-order valence-electron chi connectivity index (χ3n) is 4.25. The molecule has 0 aliphatic heterocycles. The molecule has 13 heavy (non-hydrogen) atoms. The van der Waals surface area contributed by atoms with Crippen molar-refractivity contribution in [3.63, 3.8) is 0 Å². The first kappa shape index (κ1) is 9.47. The van der Waals surface area contributed by atoms with Gasteiger partial charge in [0.2, 0.25) is 0 Å². The quantitative estimate of drug-likeness (QED) is 0.647. The van der Waals surface area contributed by atoms with Crippen LogP contribution in [0.15, 0.2) is 0 Å². The van der Waals surface area contributed by atoms with Gasteiger partial charge in [-0.05, 0) is 43.4 Å². The second-order valence-corrected chi connectivity index (χ2v) is 5.44. The fourth-order valence-corrected chi connectivity index (χ4v) is 3.21. The van der Waals surface area contributed by atoms with Crippen molar-refractivity contribution in [3.8, 4) is 0 Å². The van der Waals surface area contributed by atoms with Gasteiger partial charge in [0.25, 0.3) is 0 Å². The summed E-state index contributed by atoms with van der Waals surface area (Å²) in [5, 5.41) is 9.50. The predicted molar refractivity (Wildman–Crippen MR) is 53.2 cm³/mol. The van der Waals surface area contributed by atoms with Crippen molar-refractivity contribution in [2.24, 2.45) is 23.5 Å². The molecule has 0 radical (unpaired) electrons. The molecule has 2 aliphatic rings. The minimum Gasteiger partial charge on any atom is -0.393 e. The van der Waals surface area contributed by atoms with Gasteiger partial charge in [0, 0.05) is 5.54 Å². The summed E-state index contributed by atoms with van der Waals surface area (Å²) in [4.78, 5) is 0. The molecule has 0 aromatic carbocycles. The molecule has 0 aromatic heterocycles. The smallest absolute Gasteiger partial charge is 0.0545 e. The number of nitrogens with two attached hydrogens (primary N) is 1. The van der Waals surface area contributed by atoms with E-state index < -0.39 is 0 Å². The highest BCUT2D eigenvalue weighted by atomic mass is 16.3. The minimum absolute atomic E-state index is 0.0355. The van der Waals surface area contributed by atoms with Crippen molar-refractivity contribution in [2.45, 2.75) is 51.2 Å². The molecule has 0 aromatic rings. The van der Waals surface area contributed by atoms with E-state index in [1.54, 1.807) is 0 Å². The summed E-state index contributed by atoms with van der Waals surface area (Å²) in [5.74, 6) is 2.00. The normalized spacial score (nSPS) is 50.1. The van der Waals surface area contributed by atoms with E-state index in [9.17, 15) is 5.11 Å².